The Morgan fingerprint density at radius 3 is 1.62 bits per heavy atom. The SMILES string of the molecule is NNC(=O)c1ccc2[nH]c3ccc(C(=O)NN)cc3c2c1. The van der Waals surface area contributed by atoms with Gasteiger partial charge in [-0.1, -0.05) is 0 Å². The van der Waals surface area contributed by atoms with Gasteiger partial charge in [-0.15, -0.1) is 0 Å². The molecule has 0 aliphatic rings. The summed E-state index contributed by atoms with van der Waals surface area (Å²) >= 11 is 0. The van der Waals surface area contributed by atoms with Crippen molar-refractivity contribution in [3.8, 4) is 0 Å². The van der Waals surface area contributed by atoms with Crippen molar-refractivity contribution < 1.29 is 9.59 Å². The predicted octanol–water partition coefficient (Wildman–Crippen LogP) is 0.528. The van der Waals surface area contributed by atoms with Crippen molar-refractivity contribution in [2.24, 2.45) is 11.7 Å². The van der Waals surface area contributed by atoms with Gasteiger partial charge in [0.1, 0.15) is 0 Å². The van der Waals surface area contributed by atoms with E-state index >= 15 is 0 Å². The minimum absolute atomic E-state index is 0.373. The molecule has 0 radical (unpaired) electrons. The van der Waals surface area contributed by atoms with Gasteiger partial charge in [0.2, 0.25) is 0 Å². The first-order valence-corrected chi connectivity index (χ1v) is 6.21. The lowest BCUT2D eigenvalue weighted by Crippen LogP contribution is -2.29. The molecular formula is C14H13N5O2. The molecule has 2 aromatic carbocycles. The number of hydrogen-bond donors (Lipinski definition) is 5. The van der Waals surface area contributed by atoms with Crippen molar-refractivity contribution in [3.63, 3.8) is 0 Å². The van der Waals surface area contributed by atoms with Gasteiger partial charge >= 0.3 is 0 Å². The lowest BCUT2D eigenvalue weighted by molar-refractivity contribution is 0.0946. The maximum atomic E-state index is 11.6. The highest BCUT2D eigenvalue weighted by atomic mass is 16.2. The molecule has 0 aliphatic carbocycles. The van der Waals surface area contributed by atoms with Gasteiger partial charge in [0.25, 0.3) is 11.8 Å². The van der Waals surface area contributed by atoms with E-state index in [1.54, 1.807) is 36.4 Å². The molecule has 0 saturated heterocycles. The zero-order chi connectivity index (χ0) is 15.0. The number of nitrogens with one attached hydrogen (secondary N) is 3. The molecule has 7 heteroatoms. The smallest absolute Gasteiger partial charge is 0.265 e. The normalized spacial score (nSPS) is 10.8. The van der Waals surface area contributed by atoms with Gasteiger partial charge in [-0.2, -0.15) is 0 Å². The minimum Gasteiger partial charge on any atom is -0.355 e. The van der Waals surface area contributed by atoms with Gasteiger partial charge < -0.3 is 4.98 Å². The Balaban J connectivity index is 2.25. The molecule has 0 aliphatic heterocycles. The molecule has 0 unspecified atom stereocenters. The average Bonchev–Trinajstić information content (AvgIpc) is 2.90. The van der Waals surface area contributed by atoms with E-state index in [4.69, 9.17) is 11.7 Å². The van der Waals surface area contributed by atoms with Crippen LogP contribution < -0.4 is 22.5 Å². The van der Waals surface area contributed by atoms with Gasteiger partial charge in [0.05, 0.1) is 0 Å². The van der Waals surface area contributed by atoms with Crippen LogP contribution in [0.4, 0.5) is 0 Å². The van der Waals surface area contributed by atoms with Crippen molar-refractivity contribution in [2.45, 2.75) is 0 Å². The van der Waals surface area contributed by atoms with Crippen LogP contribution in [0.15, 0.2) is 36.4 Å². The van der Waals surface area contributed by atoms with Gasteiger partial charge in [0, 0.05) is 32.9 Å². The van der Waals surface area contributed by atoms with E-state index < -0.39 is 0 Å². The van der Waals surface area contributed by atoms with Gasteiger partial charge in [0.15, 0.2) is 0 Å². The van der Waals surface area contributed by atoms with Crippen LogP contribution in [0.1, 0.15) is 20.7 Å². The van der Waals surface area contributed by atoms with E-state index in [0.29, 0.717) is 11.1 Å². The van der Waals surface area contributed by atoms with E-state index in [2.05, 4.69) is 15.8 Å². The number of amides is 2. The Hall–Kier alpha value is -2.90. The first-order chi connectivity index (χ1) is 10.1. The number of carbonyl (C=O) groups excluding carboxylic acids is 2. The van der Waals surface area contributed by atoms with E-state index in [-0.39, 0.29) is 11.8 Å². The summed E-state index contributed by atoms with van der Waals surface area (Å²) < 4.78 is 0. The first kappa shape index (κ1) is 13.1. The average molecular weight is 283 g/mol. The fourth-order valence-corrected chi connectivity index (χ4v) is 2.35. The van der Waals surface area contributed by atoms with Gasteiger partial charge in [-0.3, -0.25) is 20.4 Å². The highest BCUT2D eigenvalue weighted by Crippen LogP contribution is 2.27. The predicted molar refractivity (Wildman–Crippen MR) is 79.1 cm³/mol. The zero-order valence-corrected chi connectivity index (χ0v) is 10.9. The molecule has 3 rings (SSSR count). The molecule has 0 bridgehead atoms. The van der Waals surface area contributed by atoms with Crippen LogP contribution in [-0.4, -0.2) is 16.8 Å². The second-order valence-corrected chi connectivity index (χ2v) is 4.59. The number of aromatic amines is 1. The third-order valence-corrected chi connectivity index (χ3v) is 3.39. The summed E-state index contributed by atoms with van der Waals surface area (Å²) in [5.74, 6) is 9.54. The van der Waals surface area contributed by atoms with Crippen LogP contribution >= 0.6 is 0 Å². The quantitative estimate of drug-likeness (QED) is 0.267. The third-order valence-electron chi connectivity index (χ3n) is 3.39. The Bertz CT molecular complexity index is 798. The number of rotatable bonds is 2. The lowest BCUT2D eigenvalue weighted by Gasteiger charge is -2.01. The van der Waals surface area contributed by atoms with Gasteiger partial charge in [-0.05, 0) is 36.4 Å². The Labute approximate surface area is 119 Å². The van der Waals surface area contributed by atoms with Crippen molar-refractivity contribution in [1.29, 1.82) is 0 Å². The first-order valence-electron chi connectivity index (χ1n) is 6.21. The number of aromatic nitrogens is 1. The van der Waals surface area contributed by atoms with Crippen LogP contribution in [0.2, 0.25) is 0 Å². The molecule has 21 heavy (non-hydrogen) atoms. The van der Waals surface area contributed by atoms with E-state index in [0.717, 1.165) is 21.8 Å². The highest BCUT2D eigenvalue weighted by Gasteiger charge is 2.11. The minimum atomic E-state index is -0.373. The number of hydrazine groups is 2. The van der Waals surface area contributed by atoms with Crippen molar-refractivity contribution in [3.05, 3.63) is 47.5 Å². The second kappa shape index (κ2) is 4.89. The van der Waals surface area contributed by atoms with Crippen LogP contribution in [-0.2, 0) is 0 Å². The molecule has 0 spiro atoms. The monoisotopic (exact) mass is 283 g/mol. The molecule has 1 heterocycles. The van der Waals surface area contributed by atoms with Crippen molar-refractivity contribution >= 4 is 33.6 Å². The number of carbonyl (C=O) groups is 2. The number of nitrogens with two attached hydrogens (primary N) is 2. The van der Waals surface area contributed by atoms with E-state index in [9.17, 15) is 9.59 Å². The summed E-state index contributed by atoms with van der Waals surface area (Å²) in [5.41, 5.74) is 6.81. The number of nitrogen functional groups attached to an aromatic ring is 2. The maximum absolute atomic E-state index is 11.6. The summed E-state index contributed by atoms with van der Waals surface area (Å²) in [6.07, 6.45) is 0. The van der Waals surface area contributed by atoms with Crippen LogP contribution in [0.3, 0.4) is 0 Å². The van der Waals surface area contributed by atoms with E-state index in [1.165, 1.54) is 0 Å². The number of benzene rings is 2. The second-order valence-electron chi connectivity index (χ2n) is 4.59. The fraction of sp³-hybridized carbons (Fsp3) is 0. The summed E-state index contributed by atoms with van der Waals surface area (Å²) in [7, 11) is 0. The fourth-order valence-electron chi connectivity index (χ4n) is 2.35. The Morgan fingerprint density at radius 1 is 0.810 bits per heavy atom. The van der Waals surface area contributed by atoms with Crippen LogP contribution in [0, 0.1) is 0 Å². The summed E-state index contributed by atoms with van der Waals surface area (Å²) in [6.45, 7) is 0. The van der Waals surface area contributed by atoms with Crippen molar-refractivity contribution in [2.75, 3.05) is 0 Å². The molecule has 106 valence electrons. The zero-order valence-electron chi connectivity index (χ0n) is 10.9. The molecular weight excluding hydrogens is 270 g/mol. The molecule has 3 aromatic rings. The number of fused-ring (bicyclic) bond motifs is 3. The Morgan fingerprint density at radius 2 is 1.24 bits per heavy atom. The Kier molecular flexibility index (Phi) is 3.05. The molecule has 1 aromatic heterocycles. The van der Waals surface area contributed by atoms with Gasteiger partial charge in [-0.25, -0.2) is 11.7 Å². The number of hydrogen-bond acceptors (Lipinski definition) is 4. The van der Waals surface area contributed by atoms with Crippen LogP contribution in [0.5, 0.6) is 0 Å². The standard InChI is InChI=1S/C14H13N5O2/c15-18-13(20)7-1-3-11-9(5-7)10-6-8(14(21)19-16)2-4-12(10)17-11/h1-6,17H,15-16H2,(H,18,20)(H,19,21). The molecule has 0 fully saturated rings. The highest BCUT2D eigenvalue weighted by molar-refractivity contribution is 6.11. The molecule has 0 atom stereocenters. The molecule has 0 saturated carbocycles. The van der Waals surface area contributed by atoms with E-state index in [1.807, 2.05) is 0 Å². The lowest BCUT2D eigenvalue weighted by atomic mass is 10.1. The third kappa shape index (κ3) is 2.10. The summed E-state index contributed by atoms with van der Waals surface area (Å²) in [4.78, 5) is 26.4. The van der Waals surface area contributed by atoms with Crippen LogP contribution in [0.25, 0.3) is 21.8 Å². The molecule has 7 N–H and O–H groups in total. The summed E-state index contributed by atoms with van der Waals surface area (Å²) in [5, 5.41) is 1.66. The topological polar surface area (TPSA) is 126 Å². The summed E-state index contributed by atoms with van der Waals surface area (Å²) in [6, 6.07) is 10.4. The maximum Gasteiger partial charge on any atom is 0.265 e. The van der Waals surface area contributed by atoms with Crippen molar-refractivity contribution in [1.82, 2.24) is 15.8 Å². The number of H-pyrrole nitrogens is 1. The molecule has 2 amide bonds. The largest absolute Gasteiger partial charge is 0.355 e. The molecule has 7 nitrogen and oxygen atoms in total.